The Hall–Kier alpha value is -0.370. The zero-order chi connectivity index (χ0) is 11.5. The van der Waals surface area contributed by atoms with Gasteiger partial charge in [-0.25, -0.2) is 0 Å². The highest BCUT2D eigenvalue weighted by Crippen LogP contribution is 2.70. The molecule has 0 aliphatic heterocycles. The van der Waals surface area contributed by atoms with Crippen LogP contribution in [-0.4, -0.2) is 17.0 Å². The van der Waals surface area contributed by atoms with Crippen molar-refractivity contribution < 1.29 is 9.90 Å². The minimum Gasteiger partial charge on any atom is -0.389 e. The van der Waals surface area contributed by atoms with E-state index in [4.69, 9.17) is 0 Å². The summed E-state index contributed by atoms with van der Waals surface area (Å²) in [6.07, 6.45) is 3.98. The van der Waals surface area contributed by atoms with E-state index in [-0.39, 0.29) is 16.7 Å². The Morgan fingerprint density at radius 2 is 2.00 bits per heavy atom. The third kappa shape index (κ3) is 1.01. The SMILES string of the molecule is C[C@H](C=O)[C@@]1(O)C[C@H]2CC[C@]1(C)C2(C)C. The first-order valence-electron chi connectivity index (χ1n) is 5.97. The highest BCUT2D eigenvalue weighted by Gasteiger charge is 2.69. The van der Waals surface area contributed by atoms with Crippen molar-refractivity contribution in [2.75, 3.05) is 0 Å². The van der Waals surface area contributed by atoms with Crippen molar-refractivity contribution in [1.29, 1.82) is 0 Å². The maximum Gasteiger partial charge on any atom is 0.125 e. The van der Waals surface area contributed by atoms with E-state index < -0.39 is 5.60 Å². The Balaban J connectivity index is 2.45. The molecule has 15 heavy (non-hydrogen) atoms. The van der Waals surface area contributed by atoms with Crippen LogP contribution >= 0.6 is 0 Å². The third-order valence-corrected chi connectivity index (χ3v) is 5.91. The van der Waals surface area contributed by atoms with Crippen LogP contribution in [0.4, 0.5) is 0 Å². The van der Waals surface area contributed by atoms with Gasteiger partial charge in [0, 0.05) is 11.3 Å². The number of carbonyl (C=O) groups excluding carboxylic acids is 1. The van der Waals surface area contributed by atoms with Crippen LogP contribution in [0, 0.1) is 22.7 Å². The molecule has 0 unspecified atom stereocenters. The molecule has 2 heteroatoms. The summed E-state index contributed by atoms with van der Waals surface area (Å²) in [7, 11) is 0. The maximum absolute atomic E-state index is 11.0. The van der Waals surface area contributed by atoms with E-state index >= 15 is 0 Å². The van der Waals surface area contributed by atoms with Gasteiger partial charge in [0.05, 0.1) is 5.60 Å². The quantitative estimate of drug-likeness (QED) is 0.711. The molecule has 1 N–H and O–H groups in total. The Morgan fingerprint density at radius 1 is 1.40 bits per heavy atom. The van der Waals surface area contributed by atoms with Gasteiger partial charge in [0.2, 0.25) is 0 Å². The van der Waals surface area contributed by atoms with Crippen LogP contribution in [0.5, 0.6) is 0 Å². The fourth-order valence-corrected chi connectivity index (χ4v) is 4.13. The number of rotatable bonds is 2. The first kappa shape index (κ1) is 11.1. The van der Waals surface area contributed by atoms with Gasteiger partial charge in [0.1, 0.15) is 6.29 Å². The number of aliphatic hydroxyl groups is 1. The molecule has 2 bridgehead atoms. The van der Waals surface area contributed by atoms with Crippen LogP contribution < -0.4 is 0 Å². The Morgan fingerprint density at radius 3 is 2.33 bits per heavy atom. The standard InChI is InChI=1S/C13H22O2/c1-9(8-14)13(15)7-10-5-6-12(13,4)11(10,2)3/h8-10,15H,5-7H2,1-4H3/t9-,10-,12-,13+/m1/s1. The lowest BCUT2D eigenvalue weighted by Crippen LogP contribution is -2.52. The van der Waals surface area contributed by atoms with Crippen molar-refractivity contribution in [3.05, 3.63) is 0 Å². The van der Waals surface area contributed by atoms with E-state index in [9.17, 15) is 9.90 Å². The molecule has 0 amide bonds. The monoisotopic (exact) mass is 210 g/mol. The molecule has 0 radical (unpaired) electrons. The first-order valence-corrected chi connectivity index (χ1v) is 5.97. The molecule has 0 saturated heterocycles. The van der Waals surface area contributed by atoms with Gasteiger partial charge in [-0.2, -0.15) is 0 Å². The Bertz CT molecular complexity index is 297. The summed E-state index contributed by atoms with van der Waals surface area (Å²) < 4.78 is 0. The fourth-order valence-electron chi connectivity index (χ4n) is 4.13. The van der Waals surface area contributed by atoms with E-state index in [1.165, 1.54) is 6.42 Å². The highest BCUT2D eigenvalue weighted by molar-refractivity contribution is 5.56. The molecule has 86 valence electrons. The molecule has 0 aromatic carbocycles. The van der Waals surface area contributed by atoms with Crippen molar-refractivity contribution >= 4 is 6.29 Å². The van der Waals surface area contributed by atoms with Gasteiger partial charge in [-0.1, -0.05) is 27.7 Å². The van der Waals surface area contributed by atoms with Crippen LogP contribution in [0.15, 0.2) is 0 Å². The molecule has 0 aromatic rings. The Labute approximate surface area is 92.1 Å². The highest BCUT2D eigenvalue weighted by atomic mass is 16.3. The lowest BCUT2D eigenvalue weighted by atomic mass is 9.61. The molecule has 2 aliphatic rings. The van der Waals surface area contributed by atoms with Crippen molar-refractivity contribution in [2.45, 2.75) is 52.6 Å². The smallest absolute Gasteiger partial charge is 0.125 e. The lowest BCUT2D eigenvalue weighted by Gasteiger charge is -2.47. The lowest BCUT2D eigenvalue weighted by molar-refractivity contribution is -0.141. The molecular weight excluding hydrogens is 188 g/mol. The minimum atomic E-state index is -0.777. The molecule has 0 spiro atoms. The normalized spacial score (nSPS) is 49.3. The zero-order valence-electron chi connectivity index (χ0n) is 10.2. The minimum absolute atomic E-state index is 0.0923. The summed E-state index contributed by atoms with van der Waals surface area (Å²) in [6, 6.07) is 0. The molecule has 2 fully saturated rings. The van der Waals surface area contributed by atoms with Crippen LogP contribution in [0.25, 0.3) is 0 Å². The summed E-state index contributed by atoms with van der Waals surface area (Å²) in [6.45, 7) is 8.52. The third-order valence-electron chi connectivity index (χ3n) is 5.91. The van der Waals surface area contributed by atoms with Crippen LogP contribution in [0.2, 0.25) is 0 Å². The maximum atomic E-state index is 11.0. The Kier molecular flexibility index (Phi) is 2.11. The molecule has 2 nitrogen and oxygen atoms in total. The van der Waals surface area contributed by atoms with Gasteiger partial charge < -0.3 is 9.90 Å². The summed E-state index contributed by atoms with van der Waals surface area (Å²) >= 11 is 0. The van der Waals surface area contributed by atoms with E-state index in [0.29, 0.717) is 5.92 Å². The number of hydrogen-bond donors (Lipinski definition) is 1. The van der Waals surface area contributed by atoms with E-state index in [0.717, 1.165) is 19.1 Å². The van der Waals surface area contributed by atoms with Crippen LogP contribution in [-0.2, 0) is 4.79 Å². The van der Waals surface area contributed by atoms with Crippen LogP contribution in [0.1, 0.15) is 47.0 Å². The van der Waals surface area contributed by atoms with Gasteiger partial charge in [0.15, 0.2) is 0 Å². The van der Waals surface area contributed by atoms with Gasteiger partial charge in [-0.3, -0.25) is 0 Å². The largest absolute Gasteiger partial charge is 0.389 e. The topological polar surface area (TPSA) is 37.3 Å². The summed E-state index contributed by atoms with van der Waals surface area (Å²) in [5.41, 5.74) is -0.703. The van der Waals surface area contributed by atoms with Gasteiger partial charge >= 0.3 is 0 Å². The van der Waals surface area contributed by atoms with Gasteiger partial charge in [0.25, 0.3) is 0 Å². The summed E-state index contributed by atoms with van der Waals surface area (Å²) in [4.78, 5) is 11.0. The molecule has 0 heterocycles. The number of aldehydes is 1. The number of hydrogen-bond acceptors (Lipinski definition) is 2. The molecule has 4 atom stereocenters. The van der Waals surface area contributed by atoms with E-state index in [1.54, 1.807) is 0 Å². The average molecular weight is 210 g/mol. The molecular formula is C13H22O2. The van der Waals surface area contributed by atoms with E-state index in [1.807, 2.05) is 6.92 Å². The summed E-state index contributed by atoms with van der Waals surface area (Å²) in [5, 5.41) is 10.8. The van der Waals surface area contributed by atoms with Crippen LogP contribution in [0.3, 0.4) is 0 Å². The predicted molar refractivity (Wildman–Crippen MR) is 59.4 cm³/mol. The summed E-state index contributed by atoms with van der Waals surface area (Å²) in [5.74, 6) is 0.335. The van der Waals surface area contributed by atoms with E-state index in [2.05, 4.69) is 20.8 Å². The second-order valence-electron chi connectivity index (χ2n) is 6.34. The van der Waals surface area contributed by atoms with Crippen molar-refractivity contribution in [3.63, 3.8) is 0 Å². The zero-order valence-corrected chi connectivity index (χ0v) is 10.2. The molecule has 0 aromatic heterocycles. The van der Waals surface area contributed by atoms with Crippen molar-refractivity contribution in [3.8, 4) is 0 Å². The van der Waals surface area contributed by atoms with Crippen molar-refractivity contribution in [1.82, 2.24) is 0 Å². The van der Waals surface area contributed by atoms with Gasteiger partial charge in [-0.15, -0.1) is 0 Å². The van der Waals surface area contributed by atoms with Gasteiger partial charge in [-0.05, 0) is 30.6 Å². The molecule has 2 aliphatic carbocycles. The molecule has 2 saturated carbocycles. The fraction of sp³-hybridized carbons (Fsp3) is 0.923. The second-order valence-corrected chi connectivity index (χ2v) is 6.34. The number of fused-ring (bicyclic) bond motifs is 2. The van der Waals surface area contributed by atoms with Crippen molar-refractivity contribution in [2.24, 2.45) is 22.7 Å². The first-order chi connectivity index (χ1) is 6.79. The molecule has 2 rings (SSSR count). The second kappa shape index (κ2) is 2.85. The number of carbonyl (C=O) groups is 1. The predicted octanol–water partition coefficient (Wildman–Crippen LogP) is 2.40. The average Bonchev–Trinajstić information content (AvgIpc) is 2.48.